The zero-order chi connectivity index (χ0) is 19.8. The van der Waals surface area contributed by atoms with Crippen LogP contribution in [0.25, 0.3) is 22.2 Å². The van der Waals surface area contributed by atoms with E-state index in [4.69, 9.17) is 24.4 Å². The number of rotatable bonds is 3. The number of aromatic nitrogens is 1. The van der Waals surface area contributed by atoms with Gasteiger partial charge in [-0.25, -0.2) is 9.37 Å². The van der Waals surface area contributed by atoms with Crippen LogP contribution in [-0.4, -0.2) is 24.3 Å². The number of hydrogen-bond acceptors (Lipinski definition) is 2. The lowest BCUT2D eigenvalue weighted by Gasteiger charge is -2.21. The van der Waals surface area contributed by atoms with Gasteiger partial charge >= 0.3 is 0 Å². The molecule has 0 aliphatic heterocycles. The maximum absolute atomic E-state index is 13.6. The van der Waals surface area contributed by atoms with Crippen molar-refractivity contribution in [2.24, 2.45) is 0 Å². The lowest BCUT2D eigenvalue weighted by atomic mass is 9.93. The van der Waals surface area contributed by atoms with Gasteiger partial charge in [-0.15, -0.1) is 0 Å². The smallest absolute Gasteiger partial charge is 0.224 e. The molecule has 0 unspecified atom stereocenters. The van der Waals surface area contributed by atoms with Gasteiger partial charge in [0.2, 0.25) is 5.91 Å². The van der Waals surface area contributed by atoms with E-state index < -0.39 is 5.82 Å². The molecule has 136 valence electrons. The highest BCUT2D eigenvalue weighted by Crippen LogP contribution is 2.29. The van der Waals surface area contributed by atoms with Gasteiger partial charge in [0.1, 0.15) is 13.7 Å². The van der Waals surface area contributed by atoms with Gasteiger partial charge in [0, 0.05) is 11.1 Å². The SMILES string of the molecule is [B]c1ccc2nc(-c3ccc(F)c(Cl)c3)c(CC(=O)NC(C)(C)C)cc2c1. The Bertz CT molecular complexity index is 1030. The van der Waals surface area contributed by atoms with E-state index in [1.54, 1.807) is 12.1 Å². The van der Waals surface area contributed by atoms with Gasteiger partial charge in [0.05, 0.1) is 22.7 Å². The molecular weight excluding hydrogens is 362 g/mol. The lowest BCUT2D eigenvalue weighted by molar-refractivity contribution is -0.121. The van der Waals surface area contributed by atoms with Crippen LogP contribution in [0.4, 0.5) is 4.39 Å². The third-order valence-corrected chi connectivity index (χ3v) is 4.27. The highest BCUT2D eigenvalue weighted by Gasteiger charge is 2.18. The zero-order valence-corrected chi connectivity index (χ0v) is 16.2. The fourth-order valence-electron chi connectivity index (χ4n) is 2.90. The molecule has 27 heavy (non-hydrogen) atoms. The predicted molar refractivity (Wildman–Crippen MR) is 109 cm³/mol. The summed E-state index contributed by atoms with van der Waals surface area (Å²) in [5, 5.41) is 3.80. The Morgan fingerprint density at radius 3 is 2.59 bits per heavy atom. The lowest BCUT2D eigenvalue weighted by Crippen LogP contribution is -2.41. The van der Waals surface area contributed by atoms with E-state index in [0.29, 0.717) is 16.7 Å². The van der Waals surface area contributed by atoms with E-state index in [-0.39, 0.29) is 22.9 Å². The molecule has 0 bridgehead atoms. The molecule has 2 radical (unpaired) electrons. The number of fused-ring (bicyclic) bond motifs is 1. The first-order valence-corrected chi connectivity index (χ1v) is 8.96. The van der Waals surface area contributed by atoms with Crippen LogP contribution in [0.15, 0.2) is 42.5 Å². The molecule has 0 saturated carbocycles. The number of nitrogens with zero attached hydrogens (tertiary/aromatic N) is 1. The van der Waals surface area contributed by atoms with Crippen molar-refractivity contribution in [3.8, 4) is 11.3 Å². The standard InChI is InChI=1S/C21H19BClFN2O/c1-21(2,3)26-19(27)11-14-8-13-9-15(22)5-7-18(13)25-20(14)12-4-6-17(24)16(23)10-12/h4-10H,11H2,1-3H3,(H,26,27). The number of benzene rings is 2. The molecule has 0 fully saturated rings. The van der Waals surface area contributed by atoms with Crippen molar-refractivity contribution in [3.63, 3.8) is 0 Å². The summed E-state index contributed by atoms with van der Waals surface area (Å²) in [4.78, 5) is 17.2. The van der Waals surface area contributed by atoms with Gasteiger partial charge < -0.3 is 5.32 Å². The molecule has 1 N–H and O–H groups in total. The average molecular weight is 381 g/mol. The van der Waals surface area contributed by atoms with Gasteiger partial charge in [-0.05, 0) is 62.1 Å². The van der Waals surface area contributed by atoms with Crippen LogP contribution in [0, 0.1) is 5.82 Å². The number of carbonyl (C=O) groups excluding carboxylic acids is 1. The Balaban J connectivity index is 2.12. The Labute approximate surface area is 164 Å². The third-order valence-electron chi connectivity index (χ3n) is 3.98. The summed E-state index contributed by atoms with van der Waals surface area (Å²) in [5.74, 6) is -0.622. The molecule has 3 aromatic rings. The molecular formula is C21H19BClFN2O. The number of hydrogen-bond donors (Lipinski definition) is 1. The van der Waals surface area contributed by atoms with Crippen molar-refractivity contribution in [2.75, 3.05) is 0 Å². The monoisotopic (exact) mass is 380 g/mol. The van der Waals surface area contributed by atoms with Crippen molar-refractivity contribution in [1.82, 2.24) is 10.3 Å². The first kappa shape index (κ1) is 19.4. The summed E-state index contributed by atoms with van der Waals surface area (Å²) in [7, 11) is 5.88. The topological polar surface area (TPSA) is 42.0 Å². The number of halogens is 2. The van der Waals surface area contributed by atoms with E-state index >= 15 is 0 Å². The summed E-state index contributed by atoms with van der Waals surface area (Å²) in [6.45, 7) is 5.76. The largest absolute Gasteiger partial charge is 0.351 e. The van der Waals surface area contributed by atoms with Gasteiger partial charge in [-0.2, -0.15) is 0 Å². The van der Waals surface area contributed by atoms with Gasteiger partial charge in [0.25, 0.3) is 0 Å². The quantitative estimate of drug-likeness (QED) is 0.699. The first-order valence-electron chi connectivity index (χ1n) is 8.58. The van der Waals surface area contributed by atoms with Crippen molar-refractivity contribution in [2.45, 2.75) is 32.7 Å². The molecule has 0 spiro atoms. The second-order valence-corrected chi connectivity index (χ2v) is 7.96. The number of pyridine rings is 1. The van der Waals surface area contributed by atoms with Crippen LogP contribution >= 0.6 is 11.6 Å². The maximum Gasteiger partial charge on any atom is 0.224 e. The van der Waals surface area contributed by atoms with Crippen molar-refractivity contribution in [3.05, 3.63) is 58.9 Å². The van der Waals surface area contributed by atoms with Crippen molar-refractivity contribution < 1.29 is 9.18 Å². The molecule has 0 aliphatic rings. The first-order chi connectivity index (χ1) is 12.6. The Morgan fingerprint density at radius 1 is 1.19 bits per heavy atom. The van der Waals surface area contributed by atoms with Crippen molar-refractivity contribution >= 4 is 41.7 Å². The highest BCUT2D eigenvalue weighted by atomic mass is 35.5. The second kappa shape index (κ2) is 7.32. The fourth-order valence-corrected chi connectivity index (χ4v) is 3.08. The fraction of sp³-hybridized carbons (Fsp3) is 0.238. The summed E-state index contributed by atoms with van der Waals surface area (Å²) >= 11 is 5.95. The van der Waals surface area contributed by atoms with E-state index in [1.165, 1.54) is 12.1 Å². The summed E-state index contributed by atoms with van der Waals surface area (Å²) in [6, 6.07) is 11.7. The van der Waals surface area contributed by atoms with Crippen LogP contribution < -0.4 is 10.8 Å². The molecule has 6 heteroatoms. The molecule has 1 aromatic heterocycles. The van der Waals surface area contributed by atoms with E-state index in [1.807, 2.05) is 39.0 Å². The molecule has 0 saturated heterocycles. The van der Waals surface area contributed by atoms with Crippen LogP contribution in [0.1, 0.15) is 26.3 Å². The third kappa shape index (κ3) is 4.66. The minimum atomic E-state index is -0.499. The van der Waals surface area contributed by atoms with E-state index in [2.05, 4.69) is 5.32 Å². The van der Waals surface area contributed by atoms with Crippen LogP contribution in [0.2, 0.25) is 5.02 Å². The molecule has 1 heterocycles. The Kier molecular flexibility index (Phi) is 5.25. The molecule has 3 rings (SSSR count). The number of carbonyl (C=O) groups is 1. The van der Waals surface area contributed by atoms with Gasteiger partial charge in [-0.1, -0.05) is 29.2 Å². The van der Waals surface area contributed by atoms with Crippen LogP contribution in [0.3, 0.4) is 0 Å². The van der Waals surface area contributed by atoms with Crippen molar-refractivity contribution in [1.29, 1.82) is 0 Å². The molecule has 3 nitrogen and oxygen atoms in total. The van der Waals surface area contributed by atoms with Gasteiger partial charge in [-0.3, -0.25) is 4.79 Å². The zero-order valence-electron chi connectivity index (χ0n) is 15.4. The number of amides is 1. The Morgan fingerprint density at radius 2 is 1.93 bits per heavy atom. The van der Waals surface area contributed by atoms with E-state index in [9.17, 15) is 9.18 Å². The van der Waals surface area contributed by atoms with E-state index in [0.717, 1.165) is 16.5 Å². The average Bonchev–Trinajstić information content (AvgIpc) is 2.55. The molecule has 0 aliphatic carbocycles. The Hall–Kier alpha value is -2.40. The maximum atomic E-state index is 13.6. The normalized spacial score (nSPS) is 11.6. The predicted octanol–water partition coefficient (Wildman–Crippen LogP) is 3.95. The number of nitrogens with one attached hydrogen (secondary N) is 1. The van der Waals surface area contributed by atoms with Gasteiger partial charge in [0.15, 0.2) is 0 Å². The minimum Gasteiger partial charge on any atom is -0.351 e. The minimum absolute atomic E-state index is 0.0109. The second-order valence-electron chi connectivity index (χ2n) is 7.55. The summed E-state index contributed by atoms with van der Waals surface area (Å²) < 4.78 is 13.6. The molecule has 0 atom stereocenters. The summed E-state index contributed by atoms with van der Waals surface area (Å²) in [5.41, 5.74) is 2.98. The summed E-state index contributed by atoms with van der Waals surface area (Å²) in [6.07, 6.45) is 0.138. The molecule has 2 aromatic carbocycles. The molecule has 1 amide bonds. The van der Waals surface area contributed by atoms with Crippen LogP contribution in [-0.2, 0) is 11.2 Å². The highest BCUT2D eigenvalue weighted by molar-refractivity contribution is 6.33. The van der Waals surface area contributed by atoms with Crippen LogP contribution in [0.5, 0.6) is 0 Å².